The third-order valence-electron chi connectivity index (χ3n) is 2.35. The molecular formula is C11H18O3S. The van der Waals surface area contributed by atoms with Gasteiger partial charge in [0, 0.05) is 6.08 Å². The van der Waals surface area contributed by atoms with E-state index in [4.69, 9.17) is 4.74 Å². The molecule has 0 fully saturated rings. The predicted molar refractivity (Wildman–Crippen MR) is 61.7 cm³/mol. The highest BCUT2D eigenvalue weighted by Crippen LogP contribution is 2.19. The molecule has 2 unspecified atom stereocenters. The van der Waals surface area contributed by atoms with E-state index >= 15 is 0 Å². The van der Waals surface area contributed by atoms with Gasteiger partial charge in [0.1, 0.15) is 11.0 Å². The summed E-state index contributed by atoms with van der Waals surface area (Å²) in [6, 6.07) is 0. The summed E-state index contributed by atoms with van der Waals surface area (Å²) in [7, 11) is 0. The van der Waals surface area contributed by atoms with Gasteiger partial charge >= 0.3 is 5.97 Å². The Labute approximate surface area is 95.9 Å². The van der Waals surface area contributed by atoms with Gasteiger partial charge in [0.25, 0.3) is 0 Å². The normalized spacial score (nSPS) is 23.9. The maximum atomic E-state index is 10.7. The number of esters is 1. The Bertz CT molecular complexity index is 243. The molecular weight excluding hydrogens is 212 g/mol. The van der Waals surface area contributed by atoms with Crippen LogP contribution in [0.4, 0.5) is 0 Å². The zero-order valence-corrected chi connectivity index (χ0v) is 9.87. The second-order valence-corrected chi connectivity index (χ2v) is 5.11. The number of cyclic esters (lactones) is 1. The fraction of sp³-hybridized carbons (Fsp3) is 0.727. The molecule has 86 valence electrons. The third kappa shape index (κ3) is 5.85. The smallest absolute Gasteiger partial charge is 0.331 e. The Morgan fingerprint density at radius 2 is 2.27 bits per heavy atom. The molecule has 0 aromatic carbocycles. The molecule has 3 nitrogen and oxygen atoms in total. The van der Waals surface area contributed by atoms with Crippen molar-refractivity contribution >= 4 is 18.6 Å². The lowest BCUT2D eigenvalue weighted by atomic mass is 10.1. The maximum Gasteiger partial charge on any atom is 0.331 e. The summed E-state index contributed by atoms with van der Waals surface area (Å²) in [6.45, 7) is 1.69. The van der Waals surface area contributed by atoms with Gasteiger partial charge in [-0.3, -0.25) is 0 Å². The molecule has 0 aromatic heterocycles. The van der Waals surface area contributed by atoms with Crippen LogP contribution in [0.3, 0.4) is 0 Å². The van der Waals surface area contributed by atoms with Gasteiger partial charge in [0.05, 0.1) is 0 Å². The van der Waals surface area contributed by atoms with Gasteiger partial charge in [-0.2, -0.15) is 0 Å². The summed E-state index contributed by atoms with van der Waals surface area (Å²) in [6.07, 6.45) is 7.79. The summed E-state index contributed by atoms with van der Waals surface area (Å²) in [5.74, 6) is -0.238. The SMILES string of the molecule is CC(O)(S)CCCCCC1C=CC(=O)O1. The monoisotopic (exact) mass is 230 g/mol. The molecule has 0 aliphatic carbocycles. The summed E-state index contributed by atoms with van der Waals surface area (Å²) in [5.41, 5.74) is 0. The van der Waals surface area contributed by atoms with Crippen LogP contribution in [0.15, 0.2) is 12.2 Å². The Balaban J connectivity index is 1.98. The quantitative estimate of drug-likeness (QED) is 0.318. The van der Waals surface area contributed by atoms with Crippen LogP contribution in [-0.2, 0) is 9.53 Å². The van der Waals surface area contributed by atoms with Gasteiger partial charge in [0.2, 0.25) is 0 Å². The van der Waals surface area contributed by atoms with Crippen LogP contribution in [0.5, 0.6) is 0 Å². The second-order valence-electron chi connectivity index (χ2n) is 4.15. The molecule has 0 bridgehead atoms. The highest BCUT2D eigenvalue weighted by Gasteiger charge is 2.16. The number of carbonyl (C=O) groups is 1. The van der Waals surface area contributed by atoms with Crippen LogP contribution in [0.2, 0.25) is 0 Å². The van der Waals surface area contributed by atoms with Gasteiger partial charge in [-0.05, 0) is 38.7 Å². The molecule has 4 heteroatoms. The lowest BCUT2D eigenvalue weighted by Crippen LogP contribution is -2.14. The highest BCUT2D eigenvalue weighted by atomic mass is 32.1. The number of carbonyl (C=O) groups excluding carboxylic acids is 1. The number of thiol groups is 1. The number of hydrogen-bond donors (Lipinski definition) is 2. The zero-order chi connectivity index (χ0) is 11.3. The molecule has 2 atom stereocenters. The van der Waals surface area contributed by atoms with Crippen LogP contribution >= 0.6 is 12.6 Å². The largest absolute Gasteiger partial charge is 0.455 e. The van der Waals surface area contributed by atoms with Crippen molar-refractivity contribution in [1.29, 1.82) is 0 Å². The van der Waals surface area contributed by atoms with E-state index in [1.165, 1.54) is 6.08 Å². The van der Waals surface area contributed by atoms with E-state index in [1.54, 1.807) is 13.0 Å². The van der Waals surface area contributed by atoms with E-state index in [2.05, 4.69) is 12.6 Å². The minimum atomic E-state index is -0.861. The second kappa shape index (κ2) is 5.56. The first-order chi connectivity index (χ1) is 6.97. The van der Waals surface area contributed by atoms with Crippen LogP contribution in [0, 0.1) is 0 Å². The molecule has 1 aliphatic rings. The fourth-order valence-electron chi connectivity index (χ4n) is 1.55. The van der Waals surface area contributed by atoms with Crippen molar-refractivity contribution in [3.8, 4) is 0 Å². The van der Waals surface area contributed by atoms with E-state index in [1.807, 2.05) is 0 Å². The molecule has 1 heterocycles. The molecule has 0 amide bonds. The Morgan fingerprint density at radius 3 is 2.80 bits per heavy atom. The molecule has 0 saturated heterocycles. The van der Waals surface area contributed by atoms with Crippen LogP contribution < -0.4 is 0 Å². The van der Waals surface area contributed by atoms with Crippen molar-refractivity contribution in [2.75, 3.05) is 0 Å². The number of aliphatic hydroxyl groups is 1. The number of unbranched alkanes of at least 4 members (excludes halogenated alkanes) is 2. The molecule has 15 heavy (non-hydrogen) atoms. The van der Waals surface area contributed by atoms with Gasteiger partial charge in [0.15, 0.2) is 0 Å². The van der Waals surface area contributed by atoms with Crippen LogP contribution in [0.1, 0.15) is 39.0 Å². The average molecular weight is 230 g/mol. The first-order valence-corrected chi connectivity index (χ1v) is 5.76. The van der Waals surface area contributed by atoms with Gasteiger partial charge in [-0.15, -0.1) is 12.6 Å². The van der Waals surface area contributed by atoms with E-state index in [0.29, 0.717) is 6.42 Å². The highest BCUT2D eigenvalue weighted by molar-refractivity contribution is 7.81. The first-order valence-electron chi connectivity index (χ1n) is 5.31. The lowest BCUT2D eigenvalue weighted by Gasteiger charge is -2.15. The van der Waals surface area contributed by atoms with Crippen molar-refractivity contribution in [1.82, 2.24) is 0 Å². The first kappa shape index (κ1) is 12.6. The Hall–Kier alpha value is -0.480. The standard InChI is InChI=1S/C11H18O3S/c1-11(13,15)8-4-2-3-5-9-6-7-10(12)14-9/h6-7,9,13,15H,2-5,8H2,1H3. The zero-order valence-electron chi connectivity index (χ0n) is 8.98. The molecule has 1 N–H and O–H groups in total. The topological polar surface area (TPSA) is 46.5 Å². The van der Waals surface area contributed by atoms with Gasteiger partial charge in [-0.25, -0.2) is 4.79 Å². The van der Waals surface area contributed by atoms with Gasteiger partial charge in [-0.1, -0.05) is 6.42 Å². The fourth-order valence-corrected chi connectivity index (χ4v) is 1.71. The summed E-state index contributed by atoms with van der Waals surface area (Å²) in [5, 5.41) is 9.35. The average Bonchev–Trinajstić information content (AvgIpc) is 2.49. The Kier molecular flexibility index (Phi) is 4.67. The van der Waals surface area contributed by atoms with Crippen molar-refractivity contribution in [2.24, 2.45) is 0 Å². The van der Waals surface area contributed by atoms with Crippen molar-refractivity contribution in [2.45, 2.75) is 50.1 Å². The molecule has 1 rings (SSSR count). The van der Waals surface area contributed by atoms with E-state index in [0.717, 1.165) is 25.7 Å². The van der Waals surface area contributed by atoms with E-state index in [-0.39, 0.29) is 12.1 Å². The summed E-state index contributed by atoms with van der Waals surface area (Å²) in [4.78, 5) is 9.86. The molecule has 1 aliphatic heterocycles. The molecule has 0 spiro atoms. The number of ether oxygens (including phenoxy) is 1. The molecule has 0 saturated carbocycles. The minimum absolute atomic E-state index is 0.0333. The van der Waals surface area contributed by atoms with Crippen molar-refractivity contribution < 1.29 is 14.6 Å². The van der Waals surface area contributed by atoms with Gasteiger partial charge < -0.3 is 9.84 Å². The minimum Gasteiger partial charge on any atom is -0.455 e. The van der Waals surface area contributed by atoms with E-state index in [9.17, 15) is 9.90 Å². The Morgan fingerprint density at radius 1 is 1.53 bits per heavy atom. The van der Waals surface area contributed by atoms with Crippen molar-refractivity contribution in [3.05, 3.63) is 12.2 Å². The summed E-state index contributed by atoms with van der Waals surface area (Å²) >= 11 is 4.03. The number of hydrogen-bond acceptors (Lipinski definition) is 4. The maximum absolute atomic E-state index is 10.7. The predicted octanol–water partition coefficient (Wildman–Crippen LogP) is 2.06. The van der Waals surface area contributed by atoms with Crippen molar-refractivity contribution in [3.63, 3.8) is 0 Å². The third-order valence-corrected chi connectivity index (χ3v) is 2.58. The van der Waals surface area contributed by atoms with Crippen LogP contribution in [-0.4, -0.2) is 22.1 Å². The van der Waals surface area contributed by atoms with Crippen LogP contribution in [0.25, 0.3) is 0 Å². The number of rotatable bonds is 6. The molecule has 0 aromatic rings. The van der Waals surface area contributed by atoms with E-state index < -0.39 is 4.93 Å². The lowest BCUT2D eigenvalue weighted by molar-refractivity contribution is -0.138. The summed E-state index contributed by atoms with van der Waals surface area (Å²) < 4.78 is 4.99. The molecule has 0 radical (unpaired) electrons.